The molecule has 94 valence electrons. The number of nitrogens with two attached hydrogens (primary N) is 1. The fourth-order valence-electron chi connectivity index (χ4n) is 1.64. The maximum Gasteiger partial charge on any atom is 0.325 e. The summed E-state index contributed by atoms with van der Waals surface area (Å²) in [4.78, 5) is 13.5. The Bertz CT molecular complexity index is 383. The molecule has 0 bridgehead atoms. The van der Waals surface area contributed by atoms with Crippen molar-refractivity contribution in [2.24, 2.45) is 5.73 Å². The minimum atomic E-state index is -0.978. The van der Waals surface area contributed by atoms with Crippen LogP contribution in [0.1, 0.15) is 12.5 Å². The number of carbonyl (C=O) groups is 1. The van der Waals surface area contributed by atoms with Gasteiger partial charge in [0.2, 0.25) is 0 Å². The van der Waals surface area contributed by atoms with Gasteiger partial charge in [-0.05, 0) is 24.6 Å². The van der Waals surface area contributed by atoms with E-state index in [0.717, 1.165) is 11.3 Å². The number of anilines is 1. The summed E-state index contributed by atoms with van der Waals surface area (Å²) in [6.45, 7) is 1.68. The molecule has 0 fully saturated rings. The lowest BCUT2D eigenvalue weighted by Gasteiger charge is -2.21. The van der Waals surface area contributed by atoms with Gasteiger partial charge in [-0.2, -0.15) is 0 Å². The molecule has 0 aromatic heterocycles. The van der Waals surface area contributed by atoms with E-state index in [9.17, 15) is 4.79 Å². The zero-order valence-corrected chi connectivity index (χ0v) is 10.9. The summed E-state index contributed by atoms with van der Waals surface area (Å²) in [5.41, 5.74) is 7.07. The standard InChI is InChI=1S/C13H20N2O2/c1-13(14,12(16)17-4)9-10-5-7-11(8-6-10)15(2)3/h5-8H,9,14H2,1-4H3. The third kappa shape index (κ3) is 3.46. The first-order valence-electron chi connectivity index (χ1n) is 5.50. The number of rotatable bonds is 4. The van der Waals surface area contributed by atoms with Crippen LogP contribution < -0.4 is 10.6 Å². The van der Waals surface area contributed by atoms with Crippen LogP contribution in [0.25, 0.3) is 0 Å². The van der Waals surface area contributed by atoms with Crippen LogP contribution in [0.3, 0.4) is 0 Å². The van der Waals surface area contributed by atoms with Gasteiger partial charge in [0.25, 0.3) is 0 Å². The zero-order valence-electron chi connectivity index (χ0n) is 10.9. The van der Waals surface area contributed by atoms with E-state index in [4.69, 9.17) is 5.73 Å². The van der Waals surface area contributed by atoms with E-state index in [1.54, 1.807) is 6.92 Å². The Hall–Kier alpha value is -1.55. The van der Waals surface area contributed by atoms with E-state index in [-0.39, 0.29) is 0 Å². The van der Waals surface area contributed by atoms with Crippen molar-refractivity contribution in [1.29, 1.82) is 0 Å². The first kappa shape index (κ1) is 13.5. The van der Waals surface area contributed by atoms with Gasteiger partial charge in [-0.1, -0.05) is 12.1 Å². The maximum atomic E-state index is 11.5. The summed E-state index contributed by atoms with van der Waals surface area (Å²) in [7, 11) is 5.32. The van der Waals surface area contributed by atoms with Crippen molar-refractivity contribution in [2.45, 2.75) is 18.9 Å². The van der Waals surface area contributed by atoms with Gasteiger partial charge < -0.3 is 15.4 Å². The number of hydrogen-bond acceptors (Lipinski definition) is 4. The number of esters is 1. The first-order chi connectivity index (χ1) is 7.86. The minimum absolute atomic E-state index is 0.394. The van der Waals surface area contributed by atoms with E-state index >= 15 is 0 Å². The number of carbonyl (C=O) groups excluding carboxylic acids is 1. The molecule has 1 aromatic rings. The highest BCUT2D eigenvalue weighted by atomic mass is 16.5. The molecule has 0 saturated carbocycles. The highest BCUT2D eigenvalue weighted by Gasteiger charge is 2.29. The number of benzene rings is 1. The molecule has 0 aliphatic carbocycles. The van der Waals surface area contributed by atoms with Gasteiger partial charge in [0.05, 0.1) is 7.11 Å². The molecule has 17 heavy (non-hydrogen) atoms. The molecular formula is C13H20N2O2. The third-order valence-electron chi connectivity index (χ3n) is 2.68. The van der Waals surface area contributed by atoms with Crippen LogP contribution >= 0.6 is 0 Å². The highest BCUT2D eigenvalue weighted by molar-refractivity contribution is 5.80. The van der Waals surface area contributed by atoms with Crippen LogP contribution in [-0.2, 0) is 16.0 Å². The zero-order chi connectivity index (χ0) is 13.1. The summed E-state index contributed by atoms with van der Waals surface area (Å²) in [5, 5.41) is 0. The molecule has 1 aromatic carbocycles. The molecular weight excluding hydrogens is 216 g/mol. The number of methoxy groups -OCH3 is 1. The summed E-state index contributed by atoms with van der Waals surface area (Å²) in [5.74, 6) is -0.394. The number of nitrogens with zero attached hydrogens (tertiary/aromatic N) is 1. The summed E-state index contributed by atoms with van der Waals surface area (Å²) in [6.07, 6.45) is 0.466. The van der Waals surface area contributed by atoms with E-state index in [1.165, 1.54) is 7.11 Å². The highest BCUT2D eigenvalue weighted by Crippen LogP contribution is 2.16. The van der Waals surface area contributed by atoms with Crippen molar-refractivity contribution in [2.75, 3.05) is 26.1 Å². The smallest absolute Gasteiger partial charge is 0.325 e. The fraction of sp³-hybridized carbons (Fsp3) is 0.462. The normalized spacial score (nSPS) is 13.9. The molecule has 0 heterocycles. The number of hydrogen-bond donors (Lipinski definition) is 1. The predicted molar refractivity (Wildman–Crippen MR) is 69.1 cm³/mol. The van der Waals surface area contributed by atoms with Crippen molar-refractivity contribution < 1.29 is 9.53 Å². The van der Waals surface area contributed by atoms with Crippen molar-refractivity contribution in [1.82, 2.24) is 0 Å². The van der Waals surface area contributed by atoms with Gasteiger partial charge in [0.1, 0.15) is 5.54 Å². The second-order valence-electron chi connectivity index (χ2n) is 4.65. The second kappa shape index (κ2) is 5.19. The third-order valence-corrected chi connectivity index (χ3v) is 2.68. The van der Waals surface area contributed by atoms with E-state index in [2.05, 4.69) is 4.74 Å². The first-order valence-corrected chi connectivity index (χ1v) is 5.50. The Morgan fingerprint density at radius 3 is 2.29 bits per heavy atom. The molecule has 1 rings (SSSR count). The largest absolute Gasteiger partial charge is 0.468 e. The van der Waals surface area contributed by atoms with E-state index < -0.39 is 11.5 Å². The van der Waals surface area contributed by atoms with Gasteiger partial charge in [-0.15, -0.1) is 0 Å². The Balaban J connectivity index is 2.79. The lowest BCUT2D eigenvalue weighted by atomic mass is 9.94. The van der Waals surface area contributed by atoms with Crippen molar-refractivity contribution >= 4 is 11.7 Å². The number of ether oxygens (including phenoxy) is 1. The van der Waals surface area contributed by atoms with Gasteiger partial charge >= 0.3 is 5.97 Å². The van der Waals surface area contributed by atoms with Crippen LogP contribution in [0, 0.1) is 0 Å². The summed E-state index contributed by atoms with van der Waals surface area (Å²) in [6, 6.07) is 7.96. The molecule has 4 heteroatoms. The maximum absolute atomic E-state index is 11.5. The average Bonchev–Trinajstić information content (AvgIpc) is 2.28. The Morgan fingerprint density at radius 2 is 1.88 bits per heavy atom. The van der Waals surface area contributed by atoms with Crippen molar-refractivity contribution in [3.63, 3.8) is 0 Å². The Kier molecular flexibility index (Phi) is 4.12. The quantitative estimate of drug-likeness (QED) is 0.798. The molecule has 0 saturated heterocycles. The van der Waals surface area contributed by atoms with Gasteiger partial charge in [0.15, 0.2) is 0 Å². The molecule has 2 N–H and O–H groups in total. The molecule has 0 spiro atoms. The lowest BCUT2D eigenvalue weighted by molar-refractivity contribution is -0.146. The van der Waals surface area contributed by atoms with Crippen LogP contribution in [0.15, 0.2) is 24.3 Å². The van der Waals surface area contributed by atoms with Gasteiger partial charge in [-0.3, -0.25) is 4.79 Å². The molecule has 1 unspecified atom stereocenters. The van der Waals surface area contributed by atoms with Crippen LogP contribution in [0.5, 0.6) is 0 Å². The molecule has 0 aliphatic heterocycles. The van der Waals surface area contributed by atoms with Crippen LogP contribution in [0.2, 0.25) is 0 Å². The van der Waals surface area contributed by atoms with Crippen molar-refractivity contribution in [3.05, 3.63) is 29.8 Å². The SMILES string of the molecule is COC(=O)C(C)(N)Cc1ccc(N(C)C)cc1. The van der Waals surface area contributed by atoms with Crippen LogP contribution in [-0.4, -0.2) is 32.7 Å². The van der Waals surface area contributed by atoms with Gasteiger partial charge in [0, 0.05) is 26.2 Å². The Morgan fingerprint density at radius 1 is 1.35 bits per heavy atom. The molecule has 1 atom stereocenters. The van der Waals surface area contributed by atoms with E-state index in [1.807, 2.05) is 43.3 Å². The van der Waals surface area contributed by atoms with Gasteiger partial charge in [-0.25, -0.2) is 0 Å². The summed E-state index contributed by atoms with van der Waals surface area (Å²) < 4.78 is 4.68. The van der Waals surface area contributed by atoms with Crippen molar-refractivity contribution in [3.8, 4) is 0 Å². The Labute approximate surface area is 102 Å². The molecule has 4 nitrogen and oxygen atoms in total. The predicted octanol–water partition coefficient (Wildman–Crippen LogP) is 1.19. The molecule has 0 aliphatic rings. The molecule has 0 amide bonds. The average molecular weight is 236 g/mol. The molecule has 0 radical (unpaired) electrons. The topological polar surface area (TPSA) is 55.6 Å². The minimum Gasteiger partial charge on any atom is -0.468 e. The summed E-state index contributed by atoms with van der Waals surface area (Å²) >= 11 is 0. The van der Waals surface area contributed by atoms with E-state index in [0.29, 0.717) is 6.42 Å². The monoisotopic (exact) mass is 236 g/mol. The fourth-order valence-corrected chi connectivity index (χ4v) is 1.64. The van der Waals surface area contributed by atoms with Crippen LogP contribution in [0.4, 0.5) is 5.69 Å². The lowest BCUT2D eigenvalue weighted by Crippen LogP contribution is -2.47. The second-order valence-corrected chi connectivity index (χ2v) is 4.65.